The van der Waals surface area contributed by atoms with E-state index >= 15 is 0 Å². The number of aromatic nitrogens is 3. The lowest BCUT2D eigenvalue weighted by molar-refractivity contribution is 0.331. The van der Waals surface area contributed by atoms with Crippen LogP contribution in [-0.2, 0) is 6.54 Å². The summed E-state index contributed by atoms with van der Waals surface area (Å²) in [6, 6.07) is 13.6. The number of aromatic amines is 1. The van der Waals surface area contributed by atoms with Crippen molar-refractivity contribution < 1.29 is 0 Å². The van der Waals surface area contributed by atoms with Gasteiger partial charge in [-0.05, 0) is 56.1 Å². The first-order valence-electron chi connectivity index (χ1n) is 10.3. The maximum Gasteiger partial charge on any atom is 0.327 e. The number of hydrogen-bond acceptors (Lipinski definition) is 4. The molecule has 0 radical (unpaired) electrons. The van der Waals surface area contributed by atoms with E-state index in [4.69, 9.17) is 17.3 Å². The van der Waals surface area contributed by atoms with Crippen LogP contribution in [0.25, 0.3) is 21.9 Å². The first-order chi connectivity index (χ1) is 14.5. The Kier molecular flexibility index (Phi) is 4.76. The fourth-order valence-electron chi connectivity index (χ4n) is 4.51. The number of pyridine rings is 1. The van der Waals surface area contributed by atoms with Gasteiger partial charge in [-0.15, -0.1) is 0 Å². The number of nitrogens with two attached hydrogens (primary N) is 1. The average molecular weight is 422 g/mol. The average Bonchev–Trinajstić information content (AvgIpc) is 3.37. The minimum absolute atomic E-state index is 0.209. The van der Waals surface area contributed by atoms with Crippen molar-refractivity contribution in [2.45, 2.75) is 32.4 Å². The molecule has 2 aromatic carbocycles. The van der Waals surface area contributed by atoms with Crippen LogP contribution in [0.15, 0.2) is 47.3 Å². The summed E-state index contributed by atoms with van der Waals surface area (Å²) in [6.45, 7) is 5.13. The molecule has 2 aromatic heterocycles. The number of imidazole rings is 1. The molecule has 4 aromatic rings. The number of benzene rings is 2. The molecule has 0 saturated carbocycles. The summed E-state index contributed by atoms with van der Waals surface area (Å²) in [6.07, 6.45) is 2.50. The van der Waals surface area contributed by atoms with Gasteiger partial charge in [-0.3, -0.25) is 9.47 Å². The summed E-state index contributed by atoms with van der Waals surface area (Å²) in [4.78, 5) is 22.7. The second-order valence-electron chi connectivity index (χ2n) is 8.05. The van der Waals surface area contributed by atoms with Gasteiger partial charge in [0.15, 0.2) is 0 Å². The number of fused-ring (bicyclic) bond motifs is 3. The molecule has 0 aliphatic carbocycles. The molecular weight excluding hydrogens is 398 g/mol. The third-order valence-electron chi connectivity index (χ3n) is 6.12. The standard InChI is InChI=1S/C23H24ClN5O/c1-14(15-8-9-16(18(24)12-15)13-28-10-4-5-11-28)29-21-17-6-2-3-7-19(17)26-22(25)20(21)27-23(29)30/h2-3,6-9,12,14H,4-5,10-11,13H2,1H3,(H2,25,26)(H,27,30). The largest absolute Gasteiger partial charge is 0.382 e. The first kappa shape index (κ1) is 19.2. The maximum atomic E-state index is 12.9. The Labute approximate surface area is 179 Å². The van der Waals surface area contributed by atoms with Gasteiger partial charge in [0.1, 0.15) is 11.3 Å². The van der Waals surface area contributed by atoms with Gasteiger partial charge in [0.25, 0.3) is 0 Å². The number of nitrogen functional groups attached to an aromatic ring is 1. The van der Waals surface area contributed by atoms with Gasteiger partial charge in [-0.25, -0.2) is 9.78 Å². The summed E-state index contributed by atoms with van der Waals surface area (Å²) >= 11 is 6.64. The van der Waals surface area contributed by atoms with E-state index in [0.717, 1.165) is 52.2 Å². The maximum absolute atomic E-state index is 12.9. The van der Waals surface area contributed by atoms with Crippen LogP contribution in [0.4, 0.5) is 5.82 Å². The molecule has 154 valence electrons. The predicted octanol–water partition coefficient (Wildman–Crippen LogP) is 4.32. The molecular formula is C23H24ClN5O. The van der Waals surface area contributed by atoms with Crippen molar-refractivity contribution in [1.82, 2.24) is 19.4 Å². The Bertz CT molecular complexity index is 1300. The Morgan fingerprint density at radius 2 is 1.97 bits per heavy atom. The zero-order chi connectivity index (χ0) is 20.8. The summed E-state index contributed by atoms with van der Waals surface area (Å²) in [5, 5.41) is 1.63. The second kappa shape index (κ2) is 7.45. The SMILES string of the molecule is CC(c1ccc(CN2CCCC2)c(Cl)c1)n1c(=O)[nH]c2c(N)nc3ccccc3c21. The molecule has 1 aliphatic rings. The molecule has 5 rings (SSSR count). The van der Waals surface area contributed by atoms with Crippen molar-refractivity contribution in [3.8, 4) is 0 Å². The molecule has 30 heavy (non-hydrogen) atoms. The number of rotatable bonds is 4. The van der Waals surface area contributed by atoms with Crippen molar-refractivity contribution in [2.24, 2.45) is 0 Å². The lowest BCUT2D eigenvalue weighted by Crippen LogP contribution is -2.21. The van der Waals surface area contributed by atoms with E-state index in [1.807, 2.05) is 37.3 Å². The summed E-state index contributed by atoms with van der Waals surface area (Å²) in [7, 11) is 0. The smallest absolute Gasteiger partial charge is 0.327 e. The molecule has 7 heteroatoms. The van der Waals surface area contributed by atoms with E-state index in [9.17, 15) is 4.79 Å². The highest BCUT2D eigenvalue weighted by Crippen LogP contribution is 2.31. The molecule has 6 nitrogen and oxygen atoms in total. The Morgan fingerprint density at radius 3 is 2.73 bits per heavy atom. The lowest BCUT2D eigenvalue weighted by Gasteiger charge is -2.19. The Hall–Kier alpha value is -2.83. The Morgan fingerprint density at radius 1 is 1.20 bits per heavy atom. The monoisotopic (exact) mass is 421 g/mol. The number of likely N-dealkylation sites (tertiary alicyclic amines) is 1. The summed E-state index contributed by atoms with van der Waals surface area (Å²) in [5.41, 5.74) is 10.1. The zero-order valence-corrected chi connectivity index (χ0v) is 17.6. The molecule has 1 atom stereocenters. The number of nitrogens with zero attached hydrogens (tertiary/aromatic N) is 3. The van der Waals surface area contributed by atoms with E-state index in [0.29, 0.717) is 11.3 Å². The molecule has 0 amide bonds. The number of H-pyrrole nitrogens is 1. The molecule has 1 fully saturated rings. The summed E-state index contributed by atoms with van der Waals surface area (Å²) < 4.78 is 1.75. The van der Waals surface area contributed by atoms with Gasteiger partial charge < -0.3 is 10.7 Å². The van der Waals surface area contributed by atoms with Gasteiger partial charge in [0.05, 0.1) is 17.1 Å². The van der Waals surface area contributed by atoms with Gasteiger partial charge in [0, 0.05) is 17.0 Å². The predicted molar refractivity (Wildman–Crippen MR) is 122 cm³/mol. The van der Waals surface area contributed by atoms with Crippen LogP contribution >= 0.6 is 11.6 Å². The number of nitrogens with one attached hydrogen (secondary N) is 1. The zero-order valence-electron chi connectivity index (χ0n) is 16.9. The highest BCUT2D eigenvalue weighted by molar-refractivity contribution is 6.31. The molecule has 1 saturated heterocycles. The molecule has 3 heterocycles. The van der Waals surface area contributed by atoms with Gasteiger partial charge >= 0.3 is 5.69 Å². The number of anilines is 1. The molecule has 0 spiro atoms. The van der Waals surface area contributed by atoms with Crippen LogP contribution in [0.3, 0.4) is 0 Å². The summed E-state index contributed by atoms with van der Waals surface area (Å²) in [5.74, 6) is 0.325. The molecule has 0 bridgehead atoms. The van der Waals surface area contributed by atoms with Gasteiger partial charge in [-0.2, -0.15) is 0 Å². The second-order valence-corrected chi connectivity index (χ2v) is 8.46. The number of hydrogen-bond donors (Lipinski definition) is 2. The number of halogens is 1. The first-order valence-corrected chi connectivity index (χ1v) is 10.7. The highest BCUT2D eigenvalue weighted by Gasteiger charge is 2.20. The van der Waals surface area contributed by atoms with E-state index in [2.05, 4.69) is 27.0 Å². The van der Waals surface area contributed by atoms with Crippen molar-refractivity contribution in [3.63, 3.8) is 0 Å². The van der Waals surface area contributed by atoms with E-state index < -0.39 is 0 Å². The quantitative estimate of drug-likeness (QED) is 0.514. The van der Waals surface area contributed by atoms with E-state index in [1.165, 1.54) is 12.8 Å². The minimum Gasteiger partial charge on any atom is -0.382 e. The van der Waals surface area contributed by atoms with E-state index in [-0.39, 0.29) is 11.7 Å². The van der Waals surface area contributed by atoms with Crippen molar-refractivity contribution in [3.05, 3.63) is 69.1 Å². The molecule has 3 N–H and O–H groups in total. The van der Waals surface area contributed by atoms with Crippen LogP contribution in [0, 0.1) is 0 Å². The normalized spacial score (nSPS) is 15.9. The number of para-hydroxylation sites is 1. The highest BCUT2D eigenvalue weighted by atomic mass is 35.5. The minimum atomic E-state index is -0.213. The van der Waals surface area contributed by atoms with E-state index in [1.54, 1.807) is 4.57 Å². The van der Waals surface area contributed by atoms with Crippen LogP contribution in [0.2, 0.25) is 5.02 Å². The van der Waals surface area contributed by atoms with Crippen LogP contribution in [0.1, 0.15) is 36.9 Å². The third-order valence-corrected chi connectivity index (χ3v) is 6.48. The Balaban J connectivity index is 1.59. The van der Waals surface area contributed by atoms with Crippen molar-refractivity contribution in [1.29, 1.82) is 0 Å². The molecule has 1 aliphatic heterocycles. The van der Waals surface area contributed by atoms with Crippen LogP contribution < -0.4 is 11.4 Å². The van der Waals surface area contributed by atoms with Crippen molar-refractivity contribution >= 4 is 39.4 Å². The molecule has 1 unspecified atom stereocenters. The topological polar surface area (TPSA) is 79.9 Å². The van der Waals surface area contributed by atoms with Crippen molar-refractivity contribution in [2.75, 3.05) is 18.8 Å². The van der Waals surface area contributed by atoms with Crippen LogP contribution in [-0.4, -0.2) is 32.5 Å². The lowest BCUT2D eigenvalue weighted by atomic mass is 10.0. The van der Waals surface area contributed by atoms with Crippen LogP contribution in [0.5, 0.6) is 0 Å². The van der Waals surface area contributed by atoms with Gasteiger partial charge in [0.2, 0.25) is 0 Å². The van der Waals surface area contributed by atoms with Gasteiger partial charge in [-0.1, -0.05) is 41.9 Å². The fourth-order valence-corrected chi connectivity index (χ4v) is 4.76. The fraction of sp³-hybridized carbons (Fsp3) is 0.304. The third kappa shape index (κ3) is 3.16.